The molecule has 0 saturated heterocycles. The van der Waals surface area contributed by atoms with Crippen LogP contribution in [0.4, 0.5) is 19.0 Å². The summed E-state index contributed by atoms with van der Waals surface area (Å²) in [5.74, 6) is 0.523. The Bertz CT molecular complexity index is 804. The van der Waals surface area contributed by atoms with E-state index < -0.39 is 6.36 Å². The summed E-state index contributed by atoms with van der Waals surface area (Å²) in [6.45, 7) is 2.61. The number of benzene rings is 1. The van der Waals surface area contributed by atoms with Gasteiger partial charge in [-0.1, -0.05) is 19.8 Å². The molecule has 6 nitrogen and oxygen atoms in total. The number of methoxy groups -OCH3 is 1. The van der Waals surface area contributed by atoms with Gasteiger partial charge in [0.15, 0.2) is 5.82 Å². The van der Waals surface area contributed by atoms with Gasteiger partial charge in [0, 0.05) is 18.7 Å². The molecule has 1 N–H and O–H groups in total. The first-order valence-electron chi connectivity index (χ1n) is 8.61. The Morgan fingerprint density at radius 1 is 1.18 bits per heavy atom. The third kappa shape index (κ3) is 5.88. The van der Waals surface area contributed by atoms with Crippen LogP contribution in [0, 0.1) is 0 Å². The number of nitrogens with one attached hydrogen (secondary N) is 1. The third-order valence-corrected chi connectivity index (χ3v) is 4.26. The Morgan fingerprint density at radius 3 is 2.54 bits per heavy atom. The first kappa shape index (κ1) is 22.1. The van der Waals surface area contributed by atoms with Gasteiger partial charge in [0.25, 0.3) is 5.88 Å². The number of aromatic nitrogens is 2. The Balaban J connectivity index is 2.36. The molecule has 0 spiro atoms. The molecule has 0 aliphatic rings. The lowest BCUT2D eigenvalue weighted by atomic mass is 10.1. The van der Waals surface area contributed by atoms with Crippen LogP contribution in [0.15, 0.2) is 22.8 Å². The van der Waals surface area contributed by atoms with Crippen LogP contribution in [0.5, 0.6) is 17.4 Å². The minimum Gasteiger partial charge on any atom is -0.496 e. The van der Waals surface area contributed by atoms with Gasteiger partial charge in [-0.15, -0.1) is 13.2 Å². The van der Waals surface area contributed by atoms with Gasteiger partial charge in [-0.3, -0.25) is 0 Å². The van der Waals surface area contributed by atoms with Gasteiger partial charge >= 0.3 is 6.36 Å². The summed E-state index contributed by atoms with van der Waals surface area (Å²) in [4.78, 5) is 8.86. The summed E-state index contributed by atoms with van der Waals surface area (Å²) in [6, 6.07) is 3.76. The molecule has 10 heteroatoms. The molecule has 0 aliphatic carbocycles. The minimum atomic E-state index is -4.79. The zero-order valence-electron chi connectivity index (χ0n) is 15.7. The van der Waals surface area contributed by atoms with Crippen molar-refractivity contribution in [2.75, 3.05) is 26.1 Å². The number of hydrogen-bond acceptors (Lipinski definition) is 6. The fourth-order valence-electron chi connectivity index (χ4n) is 2.42. The van der Waals surface area contributed by atoms with Gasteiger partial charge in [0.05, 0.1) is 13.7 Å². The van der Waals surface area contributed by atoms with Gasteiger partial charge in [0.2, 0.25) is 0 Å². The largest absolute Gasteiger partial charge is 0.573 e. The maximum atomic E-state index is 12.4. The molecule has 0 atom stereocenters. The standard InChI is InChI=1S/C18H21BrF3N3O3/c1-4-5-6-9-27-17-16(23-2)24-14(15(19)25-17)12-8-7-11(10-13(12)26-3)28-18(20,21)22/h7-8,10H,4-6,9H2,1-3H3,(H,23,24). The number of halogens is 4. The second-order valence-electron chi connectivity index (χ2n) is 5.73. The topological polar surface area (TPSA) is 65.5 Å². The first-order valence-corrected chi connectivity index (χ1v) is 9.40. The highest BCUT2D eigenvalue weighted by atomic mass is 79.9. The Kier molecular flexibility index (Phi) is 7.73. The number of hydrogen-bond donors (Lipinski definition) is 1. The maximum Gasteiger partial charge on any atom is 0.573 e. The summed E-state index contributed by atoms with van der Waals surface area (Å²) in [6.07, 6.45) is -1.77. The van der Waals surface area contributed by atoms with Crippen LogP contribution in [-0.2, 0) is 0 Å². The number of unbranched alkanes of at least 4 members (excludes halogenated alkanes) is 2. The van der Waals surface area contributed by atoms with Crippen molar-refractivity contribution in [2.45, 2.75) is 32.5 Å². The first-order chi connectivity index (χ1) is 13.3. The van der Waals surface area contributed by atoms with Crippen molar-refractivity contribution in [3.63, 3.8) is 0 Å². The van der Waals surface area contributed by atoms with Gasteiger partial charge in [0.1, 0.15) is 21.8 Å². The molecular formula is C18H21BrF3N3O3. The number of ether oxygens (including phenoxy) is 3. The van der Waals surface area contributed by atoms with E-state index >= 15 is 0 Å². The minimum absolute atomic E-state index is 0.162. The number of alkyl halides is 3. The van der Waals surface area contributed by atoms with Crippen molar-refractivity contribution in [1.82, 2.24) is 9.97 Å². The molecule has 2 rings (SSSR count). The van der Waals surface area contributed by atoms with E-state index in [-0.39, 0.29) is 11.5 Å². The lowest BCUT2D eigenvalue weighted by Gasteiger charge is -2.15. The molecule has 0 saturated carbocycles. The molecule has 1 heterocycles. The van der Waals surface area contributed by atoms with Gasteiger partial charge in [-0.05, 0) is 34.5 Å². The van der Waals surface area contributed by atoms with Gasteiger partial charge in [-0.2, -0.15) is 0 Å². The van der Waals surface area contributed by atoms with Crippen molar-refractivity contribution >= 4 is 21.7 Å². The molecule has 1 aromatic heterocycles. The zero-order valence-corrected chi connectivity index (χ0v) is 17.3. The number of nitrogens with zero attached hydrogens (tertiary/aromatic N) is 2. The van der Waals surface area contributed by atoms with E-state index in [0.29, 0.717) is 34.2 Å². The molecule has 0 aliphatic heterocycles. The Labute approximate surface area is 169 Å². The third-order valence-electron chi connectivity index (χ3n) is 3.71. The molecule has 154 valence electrons. The molecule has 0 fully saturated rings. The van der Waals surface area contributed by atoms with Crippen molar-refractivity contribution in [2.24, 2.45) is 0 Å². The van der Waals surface area contributed by atoms with E-state index in [1.807, 2.05) is 0 Å². The average molecular weight is 464 g/mol. The van der Waals surface area contributed by atoms with Crippen molar-refractivity contribution in [1.29, 1.82) is 0 Å². The molecule has 28 heavy (non-hydrogen) atoms. The Morgan fingerprint density at radius 2 is 1.93 bits per heavy atom. The van der Waals surface area contributed by atoms with E-state index in [0.717, 1.165) is 25.3 Å². The predicted molar refractivity (Wildman–Crippen MR) is 103 cm³/mol. The average Bonchev–Trinajstić information content (AvgIpc) is 2.64. The van der Waals surface area contributed by atoms with E-state index in [1.165, 1.54) is 19.2 Å². The summed E-state index contributed by atoms with van der Waals surface area (Å²) < 4.78 is 52.5. The molecule has 0 radical (unpaired) electrons. The van der Waals surface area contributed by atoms with Gasteiger partial charge < -0.3 is 19.5 Å². The second-order valence-corrected chi connectivity index (χ2v) is 6.48. The quantitative estimate of drug-likeness (QED) is 0.500. The van der Waals surface area contributed by atoms with Crippen LogP contribution in [-0.4, -0.2) is 37.1 Å². The van der Waals surface area contributed by atoms with Crippen molar-refractivity contribution in [3.05, 3.63) is 22.8 Å². The second kappa shape index (κ2) is 9.81. The highest BCUT2D eigenvalue weighted by molar-refractivity contribution is 9.10. The molecule has 0 bridgehead atoms. The van der Waals surface area contributed by atoms with Crippen LogP contribution < -0.4 is 19.5 Å². The zero-order chi connectivity index (χ0) is 20.7. The van der Waals surface area contributed by atoms with Crippen molar-refractivity contribution < 1.29 is 27.4 Å². The lowest BCUT2D eigenvalue weighted by Crippen LogP contribution is -2.17. The fraction of sp³-hybridized carbons (Fsp3) is 0.444. The van der Waals surface area contributed by atoms with Crippen LogP contribution in [0.3, 0.4) is 0 Å². The van der Waals surface area contributed by atoms with E-state index in [9.17, 15) is 13.2 Å². The highest BCUT2D eigenvalue weighted by Crippen LogP contribution is 2.38. The van der Waals surface area contributed by atoms with Crippen LogP contribution in [0.2, 0.25) is 0 Å². The summed E-state index contributed by atoms with van der Waals surface area (Å²) in [5, 5.41) is 2.92. The fourth-order valence-corrected chi connectivity index (χ4v) is 2.88. The number of anilines is 1. The molecule has 2 aromatic rings. The van der Waals surface area contributed by atoms with Crippen LogP contribution in [0.1, 0.15) is 26.2 Å². The van der Waals surface area contributed by atoms with E-state index in [1.54, 1.807) is 7.05 Å². The highest BCUT2D eigenvalue weighted by Gasteiger charge is 2.31. The molecule has 0 unspecified atom stereocenters. The summed E-state index contributed by atoms with van der Waals surface area (Å²) in [5.41, 5.74) is 0.839. The summed E-state index contributed by atoms with van der Waals surface area (Å²) >= 11 is 3.35. The normalized spacial score (nSPS) is 11.2. The summed E-state index contributed by atoms with van der Waals surface area (Å²) in [7, 11) is 3.03. The van der Waals surface area contributed by atoms with E-state index in [2.05, 4.69) is 42.9 Å². The predicted octanol–water partition coefficient (Wildman–Crippen LogP) is 5.42. The SMILES string of the molecule is CCCCCOc1nc(Br)c(-c2ccc(OC(F)(F)F)cc2OC)nc1NC. The molecule has 0 amide bonds. The van der Waals surface area contributed by atoms with Crippen molar-refractivity contribution in [3.8, 4) is 28.6 Å². The molecular weight excluding hydrogens is 443 g/mol. The lowest BCUT2D eigenvalue weighted by molar-refractivity contribution is -0.274. The maximum absolute atomic E-state index is 12.4. The van der Waals surface area contributed by atoms with Gasteiger partial charge in [-0.25, -0.2) is 9.97 Å². The van der Waals surface area contributed by atoms with Crippen LogP contribution >= 0.6 is 15.9 Å². The van der Waals surface area contributed by atoms with Crippen LogP contribution in [0.25, 0.3) is 11.3 Å². The number of rotatable bonds is 9. The Hall–Kier alpha value is -2.23. The monoisotopic (exact) mass is 463 g/mol. The van der Waals surface area contributed by atoms with E-state index in [4.69, 9.17) is 9.47 Å². The molecule has 1 aromatic carbocycles. The smallest absolute Gasteiger partial charge is 0.496 e.